The molecule has 2 amide bonds. The van der Waals surface area contributed by atoms with Gasteiger partial charge in [-0.2, -0.15) is 13.2 Å². The monoisotopic (exact) mass is 404 g/mol. The molecule has 154 valence electrons. The molecular weight excluding hydrogens is 381 g/mol. The van der Waals surface area contributed by atoms with Crippen molar-refractivity contribution in [3.8, 4) is 0 Å². The predicted molar refractivity (Wildman–Crippen MR) is 103 cm³/mol. The highest BCUT2D eigenvalue weighted by molar-refractivity contribution is 5.94. The molecule has 0 aromatic heterocycles. The fraction of sp³-hybridized carbons (Fsp3) is 0.364. The Balaban J connectivity index is 1.59. The molecule has 1 aliphatic heterocycles. The first kappa shape index (κ1) is 20.9. The number of carbonyl (C=O) groups excluding carboxylic acids is 2. The van der Waals surface area contributed by atoms with E-state index >= 15 is 0 Å². The minimum absolute atomic E-state index is 0.00705. The molecule has 0 spiro atoms. The van der Waals surface area contributed by atoms with Gasteiger partial charge < -0.3 is 10.2 Å². The molecule has 7 heteroatoms. The largest absolute Gasteiger partial charge is 0.416 e. The summed E-state index contributed by atoms with van der Waals surface area (Å²) in [7, 11) is 0. The van der Waals surface area contributed by atoms with Crippen molar-refractivity contribution in [3.63, 3.8) is 0 Å². The van der Waals surface area contributed by atoms with Crippen LogP contribution in [0.25, 0.3) is 0 Å². The summed E-state index contributed by atoms with van der Waals surface area (Å²) < 4.78 is 38.4. The SMILES string of the molecule is Cc1cc(C(F)(F)F)ccc1CC(=O)NC1CCCN(C(=O)c2ccccc2)C1. The molecule has 1 unspecified atom stereocenters. The van der Waals surface area contributed by atoms with Crippen molar-refractivity contribution in [2.24, 2.45) is 0 Å². The molecule has 0 saturated carbocycles. The molecule has 0 bridgehead atoms. The lowest BCUT2D eigenvalue weighted by Gasteiger charge is -2.33. The molecule has 1 fully saturated rings. The minimum atomic E-state index is -4.40. The third kappa shape index (κ3) is 5.37. The number of benzene rings is 2. The van der Waals surface area contributed by atoms with Crippen LogP contribution in [0.3, 0.4) is 0 Å². The molecule has 2 aromatic rings. The molecule has 0 aliphatic carbocycles. The zero-order valence-electron chi connectivity index (χ0n) is 16.1. The van der Waals surface area contributed by atoms with Crippen LogP contribution in [0.1, 0.15) is 39.9 Å². The summed E-state index contributed by atoms with van der Waals surface area (Å²) in [6.07, 6.45) is -2.85. The molecule has 1 heterocycles. The molecule has 1 N–H and O–H groups in total. The fourth-order valence-electron chi connectivity index (χ4n) is 3.56. The van der Waals surface area contributed by atoms with Gasteiger partial charge in [-0.25, -0.2) is 0 Å². The number of rotatable bonds is 4. The molecule has 2 aromatic carbocycles. The fourth-order valence-corrected chi connectivity index (χ4v) is 3.56. The van der Waals surface area contributed by atoms with Gasteiger partial charge in [-0.1, -0.05) is 24.3 Å². The molecule has 1 aliphatic rings. The Bertz CT molecular complexity index is 881. The molecule has 3 rings (SSSR count). The van der Waals surface area contributed by atoms with Crippen LogP contribution in [0.5, 0.6) is 0 Å². The summed E-state index contributed by atoms with van der Waals surface area (Å²) in [6.45, 7) is 2.63. The number of halogens is 3. The van der Waals surface area contributed by atoms with Crippen LogP contribution in [0.15, 0.2) is 48.5 Å². The molecular formula is C22H23F3N2O2. The van der Waals surface area contributed by atoms with Crippen molar-refractivity contribution in [1.29, 1.82) is 0 Å². The van der Waals surface area contributed by atoms with Gasteiger partial charge in [0, 0.05) is 24.7 Å². The maximum Gasteiger partial charge on any atom is 0.416 e. The second-order valence-corrected chi connectivity index (χ2v) is 7.34. The van der Waals surface area contributed by atoms with Gasteiger partial charge in [0.25, 0.3) is 5.91 Å². The highest BCUT2D eigenvalue weighted by Gasteiger charge is 2.31. The number of hydrogen-bond acceptors (Lipinski definition) is 2. The molecule has 4 nitrogen and oxygen atoms in total. The van der Waals surface area contributed by atoms with E-state index in [9.17, 15) is 22.8 Å². The normalized spacial score (nSPS) is 17.1. The second-order valence-electron chi connectivity index (χ2n) is 7.34. The standard InChI is InChI=1S/C22H23F3N2O2/c1-15-12-18(22(23,24)25)10-9-17(15)13-20(28)26-19-8-5-11-27(14-19)21(29)16-6-3-2-4-7-16/h2-4,6-7,9-10,12,19H,5,8,11,13-14H2,1H3,(H,26,28). The van der Waals surface area contributed by atoms with E-state index in [4.69, 9.17) is 0 Å². The third-order valence-electron chi connectivity index (χ3n) is 5.12. The van der Waals surface area contributed by atoms with Gasteiger partial charge in [-0.05, 0) is 55.2 Å². The number of aryl methyl sites for hydroxylation is 1. The first-order chi connectivity index (χ1) is 13.7. The van der Waals surface area contributed by atoms with Crippen molar-refractivity contribution < 1.29 is 22.8 Å². The Morgan fingerprint density at radius 1 is 1.14 bits per heavy atom. The first-order valence-electron chi connectivity index (χ1n) is 9.54. The zero-order valence-corrected chi connectivity index (χ0v) is 16.1. The van der Waals surface area contributed by atoms with Crippen LogP contribution in [0.2, 0.25) is 0 Å². The summed E-state index contributed by atoms with van der Waals surface area (Å²) in [4.78, 5) is 26.8. The van der Waals surface area contributed by atoms with Gasteiger partial charge in [0.05, 0.1) is 12.0 Å². The van der Waals surface area contributed by atoms with Gasteiger partial charge in [0.15, 0.2) is 0 Å². The quantitative estimate of drug-likeness (QED) is 0.838. The van der Waals surface area contributed by atoms with Gasteiger partial charge in [0.2, 0.25) is 5.91 Å². The zero-order chi connectivity index (χ0) is 21.0. The average molecular weight is 404 g/mol. The number of alkyl halides is 3. The summed E-state index contributed by atoms with van der Waals surface area (Å²) in [5.74, 6) is -0.324. The average Bonchev–Trinajstić information content (AvgIpc) is 2.69. The van der Waals surface area contributed by atoms with E-state index in [1.54, 1.807) is 24.0 Å². The van der Waals surface area contributed by atoms with Crippen LogP contribution in [0, 0.1) is 6.92 Å². The molecule has 29 heavy (non-hydrogen) atoms. The number of nitrogens with zero attached hydrogens (tertiary/aromatic N) is 1. The molecule has 0 radical (unpaired) electrons. The number of likely N-dealkylation sites (tertiary alicyclic amines) is 1. The first-order valence-corrected chi connectivity index (χ1v) is 9.54. The van der Waals surface area contributed by atoms with E-state index in [0.29, 0.717) is 29.8 Å². The summed E-state index contributed by atoms with van der Waals surface area (Å²) in [6, 6.07) is 12.2. The maximum atomic E-state index is 12.8. The maximum absolute atomic E-state index is 12.8. The van der Waals surface area contributed by atoms with E-state index in [-0.39, 0.29) is 24.3 Å². The second kappa shape index (κ2) is 8.68. The number of nitrogens with one attached hydrogen (secondary N) is 1. The van der Waals surface area contributed by atoms with E-state index in [1.165, 1.54) is 6.07 Å². The summed E-state index contributed by atoms with van der Waals surface area (Å²) in [5, 5.41) is 2.92. The van der Waals surface area contributed by atoms with Crippen LogP contribution in [0.4, 0.5) is 13.2 Å². The van der Waals surface area contributed by atoms with Crippen molar-refractivity contribution in [2.45, 2.75) is 38.4 Å². The number of amides is 2. The number of carbonyl (C=O) groups is 2. The third-order valence-corrected chi connectivity index (χ3v) is 5.12. The summed E-state index contributed by atoms with van der Waals surface area (Å²) in [5.41, 5.74) is 0.879. The Hall–Kier alpha value is -2.83. The van der Waals surface area contributed by atoms with Crippen molar-refractivity contribution in [1.82, 2.24) is 10.2 Å². The lowest BCUT2D eigenvalue weighted by atomic mass is 10.0. The number of hydrogen-bond donors (Lipinski definition) is 1. The predicted octanol–water partition coefficient (Wildman–Crippen LogP) is 3.98. The highest BCUT2D eigenvalue weighted by atomic mass is 19.4. The highest BCUT2D eigenvalue weighted by Crippen LogP contribution is 2.30. The van der Waals surface area contributed by atoms with E-state index in [1.807, 2.05) is 18.2 Å². The van der Waals surface area contributed by atoms with Crippen molar-refractivity contribution >= 4 is 11.8 Å². The Morgan fingerprint density at radius 3 is 2.52 bits per heavy atom. The van der Waals surface area contributed by atoms with Gasteiger partial charge >= 0.3 is 6.18 Å². The summed E-state index contributed by atoms with van der Waals surface area (Å²) >= 11 is 0. The number of piperidine rings is 1. The van der Waals surface area contributed by atoms with Crippen LogP contribution in [-0.4, -0.2) is 35.8 Å². The molecule has 1 saturated heterocycles. The Labute approximate surface area is 167 Å². The van der Waals surface area contributed by atoms with Crippen LogP contribution in [-0.2, 0) is 17.4 Å². The van der Waals surface area contributed by atoms with Gasteiger partial charge in [-0.3, -0.25) is 9.59 Å². The van der Waals surface area contributed by atoms with E-state index in [0.717, 1.165) is 25.0 Å². The van der Waals surface area contributed by atoms with Crippen LogP contribution < -0.4 is 5.32 Å². The van der Waals surface area contributed by atoms with Crippen molar-refractivity contribution in [3.05, 3.63) is 70.8 Å². The Morgan fingerprint density at radius 2 is 1.86 bits per heavy atom. The topological polar surface area (TPSA) is 49.4 Å². The van der Waals surface area contributed by atoms with Crippen LogP contribution >= 0.6 is 0 Å². The molecule has 1 atom stereocenters. The van der Waals surface area contributed by atoms with E-state index in [2.05, 4.69) is 5.32 Å². The van der Waals surface area contributed by atoms with E-state index < -0.39 is 11.7 Å². The minimum Gasteiger partial charge on any atom is -0.351 e. The lowest BCUT2D eigenvalue weighted by molar-refractivity contribution is -0.137. The Kier molecular flexibility index (Phi) is 6.25. The lowest BCUT2D eigenvalue weighted by Crippen LogP contribution is -2.50. The van der Waals surface area contributed by atoms with Gasteiger partial charge in [-0.15, -0.1) is 0 Å². The smallest absolute Gasteiger partial charge is 0.351 e. The van der Waals surface area contributed by atoms with Crippen molar-refractivity contribution in [2.75, 3.05) is 13.1 Å². The van der Waals surface area contributed by atoms with Gasteiger partial charge in [0.1, 0.15) is 0 Å².